The number of benzene rings is 1. The molecule has 132 valence electrons. The van der Waals surface area contributed by atoms with Gasteiger partial charge in [-0.3, -0.25) is 9.59 Å². The van der Waals surface area contributed by atoms with Crippen LogP contribution in [0.15, 0.2) is 18.2 Å². The van der Waals surface area contributed by atoms with Crippen molar-refractivity contribution in [1.29, 1.82) is 0 Å². The largest absolute Gasteiger partial charge is 0.480 e. The van der Waals surface area contributed by atoms with Crippen molar-refractivity contribution >= 4 is 17.8 Å². The highest BCUT2D eigenvalue weighted by Gasteiger charge is 2.29. The van der Waals surface area contributed by atoms with E-state index in [1.54, 1.807) is 20.8 Å². The minimum atomic E-state index is -1.21. The minimum absolute atomic E-state index is 0.155. The predicted molar refractivity (Wildman–Crippen MR) is 82.3 cm³/mol. The van der Waals surface area contributed by atoms with E-state index in [1.165, 1.54) is 0 Å². The van der Waals surface area contributed by atoms with Crippen molar-refractivity contribution in [3.05, 3.63) is 35.4 Å². The highest BCUT2D eigenvalue weighted by Crippen LogP contribution is 2.13. The van der Waals surface area contributed by atoms with Gasteiger partial charge in [-0.25, -0.2) is 13.6 Å². The van der Waals surface area contributed by atoms with Crippen molar-refractivity contribution in [2.75, 3.05) is 0 Å². The van der Waals surface area contributed by atoms with Gasteiger partial charge in [0.1, 0.15) is 29.3 Å². The number of carbonyl (C=O) groups is 3. The number of nitrogens with one attached hydrogen (secondary N) is 2. The predicted octanol–water partition coefficient (Wildman–Crippen LogP) is 1.70. The Morgan fingerprint density at radius 2 is 1.67 bits per heavy atom. The van der Waals surface area contributed by atoms with E-state index < -0.39 is 53.0 Å². The van der Waals surface area contributed by atoms with Crippen LogP contribution in [0.25, 0.3) is 0 Å². The monoisotopic (exact) mass is 342 g/mol. The van der Waals surface area contributed by atoms with Gasteiger partial charge in [0.05, 0.1) is 0 Å². The van der Waals surface area contributed by atoms with Crippen LogP contribution in [0.1, 0.15) is 37.6 Å². The normalized spacial score (nSPS) is 13.2. The Bertz CT molecular complexity index is 614. The Morgan fingerprint density at radius 3 is 2.08 bits per heavy atom. The topological polar surface area (TPSA) is 95.5 Å². The molecule has 0 radical (unpaired) electrons. The maximum absolute atomic E-state index is 13.6. The molecule has 2 amide bonds. The maximum atomic E-state index is 13.6. The van der Waals surface area contributed by atoms with Crippen LogP contribution in [0, 0.1) is 17.6 Å². The second kappa shape index (κ2) is 8.37. The van der Waals surface area contributed by atoms with E-state index in [0.29, 0.717) is 0 Å². The van der Waals surface area contributed by atoms with Crippen LogP contribution >= 0.6 is 0 Å². The van der Waals surface area contributed by atoms with Crippen molar-refractivity contribution in [2.45, 2.75) is 39.3 Å². The lowest BCUT2D eigenvalue weighted by Gasteiger charge is -2.23. The van der Waals surface area contributed by atoms with Crippen molar-refractivity contribution in [1.82, 2.24) is 10.6 Å². The molecule has 2 unspecified atom stereocenters. The van der Waals surface area contributed by atoms with Gasteiger partial charge in [-0.1, -0.05) is 26.8 Å². The fourth-order valence-electron chi connectivity index (χ4n) is 2.06. The first-order valence-corrected chi connectivity index (χ1v) is 7.47. The van der Waals surface area contributed by atoms with Crippen LogP contribution in [0.5, 0.6) is 0 Å². The zero-order valence-electron chi connectivity index (χ0n) is 13.6. The molecule has 0 saturated heterocycles. The number of aliphatic carboxylic acids is 1. The summed E-state index contributed by atoms with van der Waals surface area (Å²) in [5.74, 6) is -5.54. The van der Waals surface area contributed by atoms with Crippen molar-refractivity contribution in [3.8, 4) is 0 Å². The SMILES string of the molecule is CCC(NC(=O)C(NC(=O)c1c(F)cccc1F)C(C)C)C(=O)O. The van der Waals surface area contributed by atoms with Crippen LogP contribution in [0.4, 0.5) is 8.78 Å². The van der Waals surface area contributed by atoms with Crippen LogP contribution in [0.2, 0.25) is 0 Å². The summed E-state index contributed by atoms with van der Waals surface area (Å²) in [6.45, 7) is 4.81. The van der Waals surface area contributed by atoms with Crippen LogP contribution in [-0.2, 0) is 9.59 Å². The van der Waals surface area contributed by atoms with E-state index in [0.717, 1.165) is 18.2 Å². The molecule has 0 heterocycles. The molecule has 24 heavy (non-hydrogen) atoms. The third-order valence-corrected chi connectivity index (χ3v) is 3.45. The molecule has 0 spiro atoms. The lowest BCUT2D eigenvalue weighted by Crippen LogP contribution is -2.53. The van der Waals surface area contributed by atoms with Crippen LogP contribution < -0.4 is 10.6 Å². The second-order valence-corrected chi connectivity index (χ2v) is 5.60. The Balaban J connectivity index is 2.95. The smallest absolute Gasteiger partial charge is 0.326 e. The van der Waals surface area contributed by atoms with Gasteiger partial charge < -0.3 is 15.7 Å². The fraction of sp³-hybridized carbons (Fsp3) is 0.438. The third kappa shape index (κ3) is 4.74. The lowest BCUT2D eigenvalue weighted by atomic mass is 10.0. The molecule has 0 aliphatic rings. The first-order chi connectivity index (χ1) is 11.2. The molecule has 6 nitrogen and oxygen atoms in total. The lowest BCUT2D eigenvalue weighted by molar-refractivity contribution is -0.142. The summed E-state index contributed by atoms with van der Waals surface area (Å²) in [7, 11) is 0. The molecule has 8 heteroatoms. The summed E-state index contributed by atoms with van der Waals surface area (Å²) in [4.78, 5) is 35.3. The van der Waals surface area contributed by atoms with Gasteiger partial charge >= 0.3 is 5.97 Å². The Kier molecular flexibility index (Phi) is 6.82. The van der Waals surface area contributed by atoms with Gasteiger partial charge in [0, 0.05) is 0 Å². The Morgan fingerprint density at radius 1 is 1.12 bits per heavy atom. The summed E-state index contributed by atoms with van der Waals surface area (Å²) in [5.41, 5.74) is -0.791. The standard InChI is InChI=1S/C16H20F2N2O4/c1-4-11(16(23)24)19-15(22)13(8(2)3)20-14(21)12-9(17)6-5-7-10(12)18/h5-8,11,13H,4H2,1-3H3,(H,19,22)(H,20,21)(H,23,24). The molecule has 3 N–H and O–H groups in total. The van der Waals surface area contributed by atoms with Gasteiger partial charge in [-0.05, 0) is 24.5 Å². The zero-order chi connectivity index (χ0) is 18.4. The fourth-order valence-corrected chi connectivity index (χ4v) is 2.06. The summed E-state index contributed by atoms with van der Waals surface area (Å²) >= 11 is 0. The van der Waals surface area contributed by atoms with Gasteiger partial charge in [-0.15, -0.1) is 0 Å². The van der Waals surface area contributed by atoms with E-state index >= 15 is 0 Å². The molecular weight excluding hydrogens is 322 g/mol. The molecule has 1 rings (SSSR count). The molecule has 0 aromatic heterocycles. The maximum Gasteiger partial charge on any atom is 0.326 e. The van der Waals surface area contributed by atoms with Gasteiger partial charge in [0.2, 0.25) is 5.91 Å². The van der Waals surface area contributed by atoms with Crippen molar-refractivity contribution < 1.29 is 28.3 Å². The van der Waals surface area contributed by atoms with E-state index in [1.807, 2.05) is 0 Å². The quantitative estimate of drug-likeness (QED) is 0.703. The first kappa shape index (κ1) is 19.5. The van der Waals surface area contributed by atoms with Gasteiger partial charge in [0.15, 0.2) is 0 Å². The number of hydrogen-bond donors (Lipinski definition) is 3. The van der Waals surface area contributed by atoms with Gasteiger partial charge in [0.25, 0.3) is 5.91 Å². The van der Waals surface area contributed by atoms with Crippen LogP contribution in [0.3, 0.4) is 0 Å². The van der Waals surface area contributed by atoms with E-state index in [-0.39, 0.29) is 6.42 Å². The number of halogens is 2. The molecule has 1 aromatic rings. The van der Waals surface area contributed by atoms with Crippen molar-refractivity contribution in [2.24, 2.45) is 5.92 Å². The van der Waals surface area contributed by atoms with Crippen molar-refractivity contribution in [3.63, 3.8) is 0 Å². The number of carboxylic acids is 1. The molecule has 0 fully saturated rings. The summed E-state index contributed by atoms with van der Waals surface area (Å²) in [6.07, 6.45) is 0.155. The average molecular weight is 342 g/mol. The van der Waals surface area contributed by atoms with E-state index in [9.17, 15) is 23.2 Å². The molecule has 0 aliphatic heterocycles. The summed E-state index contributed by atoms with van der Waals surface area (Å²) < 4.78 is 27.3. The Labute approximate surface area is 138 Å². The highest BCUT2D eigenvalue weighted by atomic mass is 19.1. The molecule has 2 atom stereocenters. The Hall–Kier alpha value is -2.51. The second-order valence-electron chi connectivity index (χ2n) is 5.60. The number of amides is 2. The first-order valence-electron chi connectivity index (χ1n) is 7.47. The number of carboxylic acid groups (broad SMARTS) is 1. The average Bonchev–Trinajstić information content (AvgIpc) is 2.49. The molecule has 0 saturated carbocycles. The third-order valence-electron chi connectivity index (χ3n) is 3.45. The summed E-state index contributed by atoms with van der Waals surface area (Å²) in [6, 6.07) is 0.734. The minimum Gasteiger partial charge on any atom is -0.480 e. The van der Waals surface area contributed by atoms with Gasteiger partial charge in [-0.2, -0.15) is 0 Å². The molecule has 0 bridgehead atoms. The van der Waals surface area contributed by atoms with E-state index in [2.05, 4.69) is 10.6 Å². The number of carbonyl (C=O) groups excluding carboxylic acids is 2. The zero-order valence-corrected chi connectivity index (χ0v) is 13.6. The highest BCUT2D eigenvalue weighted by molar-refractivity contribution is 5.98. The van der Waals surface area contributed by atoms with Crippen LogP contribution in [-0.4, -0.2) is 35.0 Å². The number of rotatable bonds is 7. The summed E-state index contributed by atoms with van der Waals surface area (Å²) in [5, 5.41) is 13.5. The molecule has 1 aromatic carbocycles. The van der Waals surface area contributed by atoms with E-state index in [4.69, 9.17) is 5.11 Å². The molecular formula is C16H20F2N2O4. The molecule has 0 aliphatic carbocycles. The number of hydrogen-bond acceptors (Lipinski definition) is 3.